The van der Waals surface area contributed by atoms with Gasteiger partial charge in [0.2, 0.25) is 5.78 Å². The maximum absolute atomic E-state index is 13.5. The van der Waals surface area contributed by atoms with E-state index in [4.69, 9.17) is 0 Å². The van der Waals surface area contributed by atoms with Gasteiger partial charge in [-0.2, -0.15) is 0 Å². The molecule has 0 bridgehead atoms. The second-order valence-corrected chi connectivity index (χ2v) is 6.74. The highest BCUT2D eigenvalue weighted by atomic mass is 16.6. The molecule has 2 aromatic carbocycles. The molecule has 0 saturated heterocycles. The Morgan fingerprint density at radius 2 is 1.09 bits per heavy atom. The average Bonchev–Trinajstić information content (AvgIpc) is 2.83. The number of aromatic nitrogens is 2. The minimum Gasteiger partial charge on any atom is -0.285 e. The van der Waals surface area contributed by atoms with E-state index < -0.39 is 15.6 Å². The summed E-state index contributed by atoms with van der Waals surface area (Å²) in [4.78, 5) is 43.2. The molecule has 0 amide bonds. The van der Waals surface area contributed by atoms with Crippen molar-refractivity contribution >= 4 is 17.2 Å². The SMILES string of the molecule is O=C(c1ncccc1-c1cccc([N+](=O)[O-])c1)c1ncccc1-c1cccc([N+](=O)[O-])c1. The van der Waals surface area contributed by atoms with Crippen LogP contribution in [0.2, 0.25) is 0 Å². The second-order valence-electron chi connectivity index (χ2n) is 6.74. The van der Waals surface area contributed by atoms with Gasteiger partial charge in [0.15, 0.2) is 0 Å². The van der Waals surface area contributed by atoms with E-state index in [0.717, 1.165) is 0 Å². The third kappa shape index (κ3) is 3.94. The van der Waals surface area contributed by atoms with E-state index in [1.165, 1.54) is 48.8 Å². The maximum Gasteiger partial charge on any atom is 0.270 e. The molecule has 0 N–H and O–H groups in total. The second kappa shape index (κ2) is 8.52. The summed E-state index contributed by atoms with van der Waals surface area (Å²) in [5.74, 6) is -0.505. The minimum atomic E-state index is -0.513. The van der Waals surface area contributed by atoms with Gasteiger partial charge in [0.1, 0.15) is 11.4 Å². The predicted octanol–water partition coefficient (Wildman–Crippen LogP) is 4.86. The molecule has 0 unspecified atom stereocenters. The number of nitrogens with zero attached hydrogens (tertiary/aromatic N) is 4. The van der Waals surface area contributed by atoms with Crippen LogP contribution in [0.3, 0.4) is 0 Å². The van der Waals surface area contributed by atoms with Crippen molar-refractivity contribution in [1.82, 2.24) is 9.97 Å². The number of rotatable bonds is 6. The van der Waals surface area contributed by atoms with Crippen molar-refractivity contribution in [3.05, 3.63) is 117 Å². The summed E-state index contributed by atoms with van der Waals surface area (Å²) < 4.78 is 0. The third-order valence-electron chi connectivity index (χ3n) is 4.78. The first kappa shape index (κ1) is 20.5. The van der Waals surface area contributed by atoms with Gasteiger partial charge in [-0.15, -0.1) is 0 Å². The molecule has 9 nitrogen and oxygen atoms in total. The molecule has 0 fully saturated rings. The Kier molecular flexibility index (Phi) is 5.45. The van der Waals surface area contributed by atoms with Crippen LogP contribution < -0.4 is 0 Å². The third-order valence-corrected chi connectivity index (χ3v) is 4.78. The van der Waals surface area contributed by atoms with Gasteiger partial charge >= 0.3 is 0 Å². The first-order chi connectivity index (χ1) is 15.5. The lowest BCUT2D eigenvalue weighted by Gasteiger charge is -2.11. The normalized spacial score (nSPS) is 10.5. The highest BCUT2D eigenvalue weighted by Gasteiger charge is 2.22. The van der Waals surface area contributed by atoms with E-state index in [1.807, 2.05) is 0 Å². The van der Waals surface area contributed by atoms with Crippen LogP contribution in [0.5, 0.6) is 0 Å². The Morgan fingerprint density at radius 1 is 0.656 bits per heavy atom. The fourth-order valence-electron chi connectivity index (χ4n) is 3.32. The minimum absolute atomic E-state index is 0.0679. The zero-order valence-electron chi connectivity index (χ0n) is 16.4. The highest BCUT2D eigenvalue weighted by Crippen LogP contribution is 2.30. The molecule has 0 radical (unpaired) electrons. The fraction of sp³-hybridized carbons (Fsp3) is 0. The molecule has 32 heavy (non-hydrogen) atoms. The average molecular weight is 426 g/mol. The molecule has 4 rings (SSSR count). The zero-order valence-corrected chi connectivity index (χ0v) is 16.4. The van der Waals surface area contributed by atoms with E-state index in [9.17, 15) is 25.0 Å². The van der Waals surface area contributed by atoms with Crippen LogP contribution in [0.1, 0.15) is 16.2 Å². The number of pyridine rings is 2. The molecule has 0 atom stereocenters. The predicted molar refractivity (Wildman–Crippen MR) is 116 cm³/mol. The zero-order chi connectivity index (χ0) is 22.7. The number of nitro groups is 2. The van der Waals surface area contributed by atoms with Crippen molar-refractivity contribution in [3.63, 3.8) is 0 Å². The van der Waals surface area contributed by atoms with Crippen molar-refractivity contribution in [1.29, 1.82) is 0 Å². The molecule has 2 aromatic heterocycles. The van der Waals surface area contributed by atoms with Gasteiger partial charge in [0, 0.05) is 47.8 Å². The number of ketones is 1. The molecule has 0 spiro atoms. The van der Waals surface area contributed by atoms with Crippen LogP contribution in [0.25, 0.3) is 22.3 Å². The Hall–Kier alpha value is -4.79. The van der Waals surface area contributed by atoms with Gasteiger partial charge in [-0.25, -0.2) is 0 Å². The van der Waals surface area contributed by atoms with E-state index in [2.05, 4.69) is 9.97 Å². The van der Waals surface area contributed by atoms with Gasteiger partial charge < -0.3 is 0 Å². The summed E-state index contributed by atoms with van der Waals surface area (Å²) >= 11 is 0. The molecule has 0 aliphatic carbocycles. The van der Waals surface area contributed by atoms with Gasteiger partial charge in [-0.3, -0.25) is 35.0 Å². The van der Waals surface area contributed by atoms with Crippen LogP contribution >= 0.6 is 0 Å². The topological polar surface area (TPSA) is 129 Å². The first-order valence-corrected chi connectivity index (χ1v) is 9.40. The number of hydrogen-bond acceptors (Lipinski definition) is 7. The van der Waals surface area contributed by atoms with Crippen molar-refractivity contribution in [2.24, 2.45) is 0 Å². The first-order valence-electron chi connectivity index (χ1n) is 9.40. The summed E-state index contributed by atoms with van der Waals surface area (Å²) in [5.41, 5.74) is 1.66. The molecule has 0 aliphatic rings. The Bertz CT molecular complexity index is 1270. The fourth-order valence-corrected chi connectivity index (χ4v) is 3.32. The number of hydrogen-bond donors (Lipinski definition) is 0. The quantitative estimate of drug-likeness (QED) is 0.244. The van der Waals surface area contributed by atoms with Crippen molar-refractivity contribution in [2.75, 3.05) is 0 Å². The smallest absolute Gasteiger partial charge is 0.270 e. The Morgan fingerprint density at radius 3 is 1.50 bits per heavy atom. The Labute approximate surface area is 181 Å². The monoisotopic (exact) mass is 426 g/mol. The summed E-state index contributed by atoms with van der Waals surface area (Å²) in [6, 6.07) is 18.4. The molecular formula is C23H14N4O5. The largest absolute Gasteiger partial charge is 0.285 e. The van der Waals surface area contributed by atoms with Gasteiger partial charge in [-0.05, 0) is 23.3 Å². The standard InChI is InChI=1S/C23H14N4O5/c28-23(21-19(9-3-11-24-21)15-5-1-7-17(13-15)26(29)30)22-20(10-4-12-25-22)16-6-2-8-18(14-16)27(31)32/h1-14H. The Balaban J connectivity index is 1.83. The number of nitro benzene ring substituents is 2. The molecule has 2 heterocycles. The molecular weight excluding hydrogens is 412 g/mol. The number of benzene rings is 2. The van der Waals surface area contributed by atoms with Gasteiger partial charge in [0.25, 0.3) is 11.4 Å². The summed E-state index contributed by atoms with van der Waals surface area (Å²) in [5, 5.41) is 22.3. The lowest BCUT2D eigenvalue weighted by Crippen LogP contribution is -2.10. The summed E-state index contributed by atoms with van der Waals surface area (Å²) in [7, 11) is 0. The van der Waals surface area contributed by atoms with Crippen molar-refractivity contribution in [2.45, 2.75) is 0 Å². The van der Waals surface area contributed by atoms with Crippen LogP contribution in [-0.4, -0.2) is 25.6 Å². The lowest BCUT2D eigenvalue weighted by atomic mass is 9.96. The highest BCUT2D eigenvalue weighted by molar-refractivity contribution is 6.13. The van der Waals surface area contributed by atoms with Crippen molar-refractivity contribution in [3.8, 4) is 22.3 Å². The van der Waals surface area contributed by atoms with E-state index >= 15 is 0 Å². The molecule has 0 aliphatic heterocycles. The number of carbonyl (C=O) groups excluding carboxylic acids is 1. The molecule has 9 heteroatoms. The van der Waals surface area contributed by atoms with E-state index in [0.29, 0.717) is 22.3 Å². The van der Waals surface area contributed by atoms with Crippen LogP contribution in [-0.2, 0) is 0 Å². The van der Waals surface area contributed by atoms with E-state index in [1.54, 1.807) is 36.4 Å². The van der Waals surface area contributed by atoms with Crippen LogP contribution in [0, 0.1) is 20.2 Å². The van der Waals surface area contributed by atoms with Gasteiger partial charge in [-0.1, -0.05) is 36.4 Å². The van der Waals surface area contributed by atoms with Gasteiger partial charge in [0.05, 0.1) is 9.85 Å². The summed E-state index contributed by atoms with van der Waals surface area (Å²) in [6.07, 6.45) is 2.90. The van der Waals surface area contributed by atoms with Crippen molar-refractivity contribution < 1.29 is 14.6 Å². The molecule has 4 aromatic rings. The van der Waals surface area contributed by atoms with Crippen LogP contribution in [0.4, 0.5) is 11.4 Å². The number of carbonyl (C=O) groups is 1. The van der Waals surface area contributed by atoms with E-state index in [-0.39, 0.29) is 22.8 Å². The maximum atomic E-state index is 13.5. The number of non-ortho nitro benzene ring substituents is 2. The molecule has 0 saturated carbocycles. The van der Waals surface area contributed by atoms with Crippen LogP contribution in [0.15, 0.2) is 85.2 Å². The molecule has 156 valence electrons. The lowest BCUT2D eigenvalue weighted by molar-refractivity contribution is -0.385. The summed E-state index contributed by atoms with van der Waals surface area (Å²) in [6.45, 7) is 0.